The standard InChI is InChI=1S/C12H19NO4/c1-13(7-12(17)4-2-3-5-12)10(14)8-6-9(8)11(15)16/h8-9,17H,2-7H2,1H3,(H,15,16)/t8-,9+/m1/s1. The van der Waals surface area contributed by atoms with Gasteiger partial charge in [0.2, 0.25) is 5.91 Å². The lowest BCUT2D eigenvalue weighted by molar-refractivity contribution is -0.142. The molecule has 0 unspecified atom stereocenters. The fourth-order valence-electron chi connectivity index (χ4n) is 2.73. The minimum Gasteiger partial charge on any atom is -0.481 e. The highest BCUT2D eigenvalue weighted by Crippen LogP contribution is 2.40. The number of rotatable bonds is 4. The number of carboxylic acids is 1. The van der Waals surface area contributed by atoms with Gasteiger partial charge >= 0.3 is 5.97 Å². The number of nitrogens with zero attached hydrogens (tertiary/aromatic N) is 1. The Balaban J connectivity index is 1.86. The van der Waals surface area contributed by atoms with Crippen LogP contribution < -0.4 is 0 Å². The highest BCUT2D eigenvalue weighted by atomic mass is 16.4. The summed E-state index contributed by atoms with van der Waals surface area (Å²) < 4.78 is 0. The molecule has 2 aliphatic rings. The third-order valence-electron chi connectivity index (χ3n) is 3.87. The van der Waals surface area contributed by atoms with E-state index in [0.29, 0.717) is 13.0 Å². The molecule has 5 nitrogen and oxygen atoms in total. The van der Waals surface area contributed by atoms with Crippen LogP contribution in [0.3, 0.4) is 0 Å². The van der Waals surface area contributed by atoms with Crippen molar-refractivity contribution in [3.8, 4) is 0 Å². The van der Waals surface area contributed by atoms with Crippen LogP contribution in [0, 0.1) is 11.8 Å². The van der Waals surface area contributed by atoms with E-state index >= 15 is 0 Å². The number of amides is 1. The van der Waals surface area contributed by atoms with Gasteiger partial charge in [-0.1, -0.05) is 12.8 Å². The van der Waals surface area contributed by atoms with E-state index in [1.165, 1.54) is 4.90 Å². The second-order valence-electron chi connectivity index (χ2n) is 5.41. The van der Waals surface area contributed by atoms with Gasteiger partial charge in [0.15, 0.2) is 0 Å². The molecule has 5 heteroatoms. The Bertz CT molecular complexity index is 335. The van der Waals surface area contributed by atoms with E-state index in [1.54, 1.807) is 7.05 Å². The van der Waals surface area contributed by atoms with E-state index in [-0.39, 0.29) is 11.8 Å². The van der Waals surface area contributed by atoms with E-state index in [2.05, 4.69) is 0 Å². The van der Waals surface area contributed by atoms with Crippen molar-refractivity contribution < 1.29 is 19.8 Å². The Labute approximate surface area is 100 Å². The smallest absolute Gasteiger partial charge is 0.307 e. The first-order valence-corrected chi connectivity index (χ1v) is 6.13. The molecule has 0 bridgehead atoms. The highest BCUT2D eigenvalue weighted by molar-refractivity contribution is 5.89. The van der Waals surface area contributed by atoms with Gasteiger partial charge in [-0.3, -0.25) is 9.59 Å². The summed E-state index contributed by atoms with van der Waals surface area (Å²) in [6.07, 6.45) is 3.91. The van der Waals surface area contributed by atoms with Crippen LogP contribution in [0.5, 0.6) is 0 Å². The van der Waals surface area contributed by atoms with Crippen LogP contribution in [-0.4, -0.2) is 46.2 Å². The molecule has 2 aliphatic carbocycles. The molecule has 2 fully saturated rings. The third kappa shape index (κ3) is 2.60. The van der Waals surface area contributed by atoms with Gasteiger partial charge in [-0.25, -0.2) is 0 Å². The van der Waals surface area contributed by atoms with Gasteiger partial charge in [-0.05, 0) is 19.3 Å². The van der Waals surface area contributed by atoms with Crippen LogP contribution in [0.4, 0.5) is 0 Å². The van der Waals surface area contributed by atoms with Crippen LogP contribution in [0.15, 0.2) is 0 Å². The average Bonchev–Trinajstić information content (AvgIpc) is 2.95. The molecule has 2 N–H and O–H groups in total. The van der Waals surface area contributed by atoms with Crippen molar-refractivity contribution in [2.45, 2.75) is 37.7 Å². The molecule has 2 saturated carbocycles. The van der Waals surface area contributed by atoms with E-state index in [0.717, 1.165) is 25.7 Å². The van der Waals surface area contributed by atoms with Crippen LogP contribution >= 0.6 is 0 Å². The van der Waals surface area contributed by atoms with Crippen molar-refractivity contribution in [3.63, 3.8) is 0 Å². The maximum Gasteiger partial charge on any atom is 0.307 e. The summed E-state index contributed by atoms with van der Waals surface area (Å²) in [6.45, 7) is 0.328. The summed E-state index contributed by atoms with van der Waals surface area (Å²) in [4.78, 5) is 24.1. The predicted molar refractivity (Wildman–Crippen MR) is 60.3 cm³/mol. The summed E-state index contributed by atoms with van der Waals surface area (Å²) in [6, 6.07) is 0. The third-order valence-corrected chi connectivity index (χ3v) is 3.87. The minimum absolute atomic E-state index is 0.141. The number of carbonyl (C=O) groups excluding carboxylic acids is 1. The molecule has 0 aromatic rings. The SMILES string of the molecule is CN(CC1(O)CCCC1)C(=O)[C@@H]1C[C@@H]1C(=O)O. The number of aliphatic hydroxyl groups is 1. The lowest BCUT2D eigenvalue weighted by atomic mass is 10.0. The zero-order valence-electron chi connectivity index (χ0n) is 10.1. The monoisotopic (exact) mass is 241 g/mol. The lowest BCUT2D eigenvalue weighted by Crippen LogP contribution is -2.42. The van der Waals surface area contributed by atoms with Crippen LogP contribution in [-0.2, 0) is 9.59 Å². The molecule has 2 rings (SSSR count). The summed E-state index contributed by atoms with van der Waals surface area (Å²) in [7, 11) is 1.65. The van der Waals surface area contributed by atoms with Crippen molar-refractivity contribution in [2.75, 3.05) is 13.6 Å². The first-order chi connectivity index (χ1) is 7.93. The Hall–Kier alpha value is -1.10. The number of aliphatic carboxylic acids is 1. The predicted octanol–water partition coefficient (Wildman–Crippen LogP) is 0.471. The maximum atomic E-state index is 11.9. The summed E-state index contributed by atoms with van der Waals surface area (Å²) in [5.74, 6) is -1.92. The molecular weight excluding hydrogens is 222 g/mol. The van der Waals surface area contributed by atoms with E-state index < -0.39 is 17.5 Å². The Morgan fingerprint density at radius 2 is 1.88 bits per heavy atom. The highest BCUT2D eigenvalue weighted by Gasteiger charge is 2.50. The molecule has 0 heterocycles. The molecule has 1 amide bonds. The zero-order valence-corrected chi connectivity index (χ0v) is 10.1. The fraction of sp³-hybridized carbons (Fsp3) is 0.833. The molecule has 0 aromatic heterocycles. The van der Waals surface area contributed by atoms with Crippen LogP contribution in [0.1, 0.15) is 32.1 Å². The molecule has 0 aromatic carbocycles. The molecular formula is C12H19NO4. The quantitative estimate of drug-likeness (QED) is 0.750. The van der Waals surface area contributed by atoms with Crippen molar-refractivity contribution in [1.82, 2.24) is 4.90 Å². The summed E-state index contributed by atoms with van der Waals surface area (Å²) >= 11 is 0. The van der Waals surface area contributed by atoms with Crippen molar-refractivity contribution in [2.24, 2.45) is 11.8 Å². The largest absolute Gasteiger partial charge is 0.481 e. The Morgan fingerprint density at radius 1 is 1.29 bits per heavy atom. The number of likely N-dealkylation sites (N-methyl/N-ethyl adjacent to an activating group) is 1. The van der Waals surface area contributed by atoms with E-state index in [4.69, 9.17) is 5.11 Å². The fourth-order valence-corrected chi connectivity index (χ4v) is 2.73. The first-order valence-electron chi connectivity index (χ1n) is 6.13. The number of carbonyl (C=O) groups is 2. The van der Waals surface area contributed by atoms with Crippen molar-refractivity contribution in [3.05, 3.63) is 0 Å². The molecule has 0 radical (unpaired) electrons. The van der Waals surface area contributed by atoms with Crippen LogP contribution in [0.2, 0.25) is 0 Å². The second-order valence-corrected chi connectivity index (χ2v) is 5.41. The lowest BCUT2D eigenvalue weighted by Gasteiger charge is -2.28. The maximum absolute atomic E-state index is 11.9. The summed E-state index contributed by atoms with van der Waals surface area (Å²) in [5, 5.41) is 18.9. The van der Waals surface area contributed by atoms with Gasteiger partial charge in [-0.2, -0.15) is 0 Å². The normalized spacial score (nSPS) is 30.0. The molecule has 2 atom stereocenters. The van der Waals surface area contributed by atoms with E-state index in [1.807, 2.05) is 0 Å². The number of hydrogen-bond donors (Lipinski definition) is 2. The summed E-state index contributed by atoms with van der Waals surface area (Å²) in [5.41, 5.74) is -0.752. The molecule has 96 valence electrons. The molecule has 17 heavy (non-hydrogen) atoms. The average molecular weight is 241 g/mol. The van der Waals surface area contributed by atoms with Gasteiger partial charge in [0.25, 0.3) is 0 Å². The van der Waals surface area contributed by atoms with Crippen LogP contribution in [0.25, 0.3) is 0 Å². The molecule has 0 spiro atoms. The van der Waals surface area contributed by atoms with Gasteiger partial charge in [0.1, 0.15) is 0 Å². The first kappa shape index (κ1) is 12.4. The van der Waals surface area contributed by atoms with Gasteiger partial charge in [0, 0.05) is 13.6 Å². The van der Waals surface area contributed by atoms with E-state index in [9.17, 15) is 14.7 Å². The number of carboxylic acid groups (broad SMARTS) is 1. The van der Waals surface area contributed by atoms with Crippen molar-refractivity contribution >= 4 is 11.9 Å². The topological polar surface area (TPSA) is 77.8 Å². The second kappa shape index (κ2) is 4.29. The van der Waals surface area contributed by atoms with Gasteiger partial charge in [0.05, 0.1) is 17.4 Å². The zero-order chi connectivity index (χ0) is 12.6. The van der Waals surface area contributed by atoms with Crippen molar-refractivity contribution in [1.29, 1.82) is 0 Å². The molecule has 0 saturated heterocycles. The minimum atomic E-state index is -0.892. The Morgan fingerprint density at radius 3 is 2.35 bits per heavy atom. The number of hydrogen-bond acceptors (Lipinski definition) is 3. The Kier molecular flexibility index (Phi) is 3.12. The van der Waals surface area contributed by atoms with Gasteiger partial charge < -0.3 is 15.1 Å². The molecule has 0 aliphatic heterocycles. The van der Waals surface area contributed by atoms with Gasteiger partial charge in [-0.15, -0.1) is 0 Å².